The van der Waals surface area contributed by atoms with Crippen LogP contribution in [0, 0.1) is 0 Å². The summed E-state index contributed by atoms with van der Waals surface area (Å²) in [5.74, 6) is 0. The predicted octanol–water partition coefficient (Wildman–Crippen LogP) is 1.81. The number of imidazole rings is 1. The topological polar surface area (TPSA) is 82.9 Å². The minimum atomic E-state index is -0.610. The summed E-state index contributed by atoms with van der Waals surface area (Å²) in [6.07, 6.45) is 4.02. The second-order valence-electron chi connectivity index (χ2n) is 6.19. The van der Waals surface area contributed by atoms with Gasteiger partial charge in [0.15, 0.2) is 0 Å². The van der Waals surface area contributed by atoms with Gasteiger partial charge in [0.2, 0.25) is 0 Å². The Morgan fingerprint density at radius 3 is 3.21 bits per heavy atom. The summed E-state index contributed by atoms with van der Waals surface area (Å²) >= 11 is 1.67. The number of aryl methyl sites for hydroxylation is 2. The van der Waals surface area contributed by atoms with E-state index in [1.54, 1.807) is 15.9 Å². The number of rotatable bonds is 5. The Bertz CT molecular complexity index is 884. The largest absolute Gasteiger partial charge is 0.387 e. The van der Waals surface area contributed by atoms with Crippen LogP contribution in [0.2, 0.25) is 0 Å². The van der Waals surface area contributed by atoms with E-state index in [4.69, 9.17) is 0 Å². The van der Waals surface area contributed by atoms with Crippen molar-refractivity contribution in [2.45, 2.75) is 38.0 Å². The van der Waals surface area contributed by atoms with Gasteiger partial charge in [-0.05, 0) is 31.9 Å². The molecule has 0 aliphatic carbocycles. The van der Waals surface area contributed by atoms with Crippen molar-refractivity contribution in [3.8, 4) is 0 Å². The Labute approximate surface area is 143 Å². The number of hydrogen-bond donors (Lipinski definition) is 3. The Morgan fingerprint density at radius 1 is 1.46 bits per heavy atom. The molecular weight excluding hydrogens is 324 g/mol. The summed E-state index contributed by atoms with van der Waals surface area (Å²) in [5.41, 5.74) is 4.20. The Balaban J connectivity index is 1.47. The van der Waals surface area contributed by atoms with Crippen molar-refractivity contribution < 1.29 is 5.11 Å². The molecule has 0 saturated carbocycles. The third-order valence-corrected chi connectivity index (χ3v) is 5.52. The van der Waals surface area contributed by atoms with E-state index in [0.29, 0.717) is 6.54 Å². The number of aliphatic hydroxyl groups is 1. The molecule has 1 aromatic carbocycles. The number of aromatic nitrogens is 3. The molecule has 0 saturated heterocycles. The summed E-state index contributed by atoms with van der Waals surface area (Å²) < 4.78 is 1.74. The van der Waals surface area contributed by atoms with Crippen molar-refractivity contribution in [2.24, 2.45) is 0 Å². The highest BCUT2D eigenvalue weighted by atomic mass is 32.1. The van der Waals surface area contributed by atoms with E-state index in [9.17, 15) is 9.90 Å². The highest BCUT2D eigenvalue weighted by Gasteiger charge is 2.27. The highest BCUT2D eigenvalue weighted by Crippen LogP contribution is 2.29. The van der Waals surface area contributed by atoms with Crippen molar-refractivity contribution in [2.75, 3.05) is 6.54 Å². The minimum absolute atomic E-state index is 0.0450. The Kier molecular flexibility index (Phi) is 4.22. The van der Waals surface area contributed by atoms with Gasteiger partial charge in [0.1, 0.15) is 0 Å². The van der Waals surface area contributed by atoms with Crippen LogP contribution in [0.3, 0.4) is 0 Å². The molecule has 0 amide bonds. The number of H-pyrrole nitrogens is 1. The summed E-state index contributed by atoms with van der Waals surface area (Å²) in [6, 6.07) is 5.63. The van der Waals surface area contributed by atoms with Crippen LogP contribution >= 0.6 is 11.3 Å². The van der Waals surface area contributed by atoms with E-state index < -0.39 is 6.10 Å². The number of thiazole rings is 1. The number of nitrogens with one attached hydrogen (secondary N) is 2. The number of aromatic amines is 1. The van der Waals surface area contributed by atoms with Crippen LogP contribution in [-0.4, -0.2) is 32.2 Å². The van der Waals surface area contributed by atoms with E-state index in [-0.39, 0.29) is 11.7 Å². The van der Waals surface area contributed by atoms with Gasteiger partial charge in [-0.2, -0.15) is 0 Å². The van der Waals surface area contributed by atoms with Gasteiger partial charge >= 0.3 is 5.69 Å². The number of nitrogens with zero attached hydrogens (tertiary/aromatic N) is 2. The fraction of sp³-hybridized carbons (Fsp3) is 0.412. The standard InChI is InChI=1S/C17H20N4O2S/c22-16-12-4-1-5-13-15(12)21(17(23)20-13)8-6-14(16)19-7-2-3-11-9-18-10-24-11/h1,4-5,9-10,14,16,19,22H,2-3,6-8H2,(H,20,23)/t14-,16-/m1/s1. The lowest BCUT2D eigenvalue weighted by atomic mass is 10.00. The smallest absolute Gasteiger partial charge is 0.326 e. The molecule has 24 heavy (non-hydrogen) atoms. The van der Waals surface area contributed by atoms with Gasteiger partial charge in [0.05, 0.1) is 22.6 Å². The normalized spacial score (nSPS) is 20.4. The SMILES string of the molecule is O=c1[nH]c2cccc3c2n1CC[C@@H](NCCCc1cncs1)[C@@H]3O. The molecule has 0 radical (unpaired) electrons. The molecule has 2 aromatic heterocycles. The molecule has 6 nitrogen and oxygen atoms in total. The van der Waals surface area contributed by atoms with E-state index in [2.05, 4.69) is 15.3 Å². The van der Waals surface area contributed by atoms with Crippen LogP contribution in [0.1, 0.15) is 29.4 Å². The zero-order valence-electron chi connectivity index (χ0n) is 13.2. The summed E-state index contributed by atoms with van der Waals surface area (Å²) in [4.78, 5) is 20.3. The van der Waals surface area contributed by atoms with Gasteiger partial charge in [-0.3, -0.25) is 9.55 Å². The summed E-state index contributed by atoms with van der Waals surface area (Å²) in [6.45, 7) is 1.44. The zero-order chi connectivity index (χ0) is 16.5. The van der Waals surface area contributed by atoms with Crippen LogP contribution in [0.4, 0.5) is 0 Å². The van der Waals surface area contributed by atoms with Crippen LogP contribution in [-0.2, 0) is 13.0 Å². The van der Waals surface area contributed by atoms with E-state index in [1.165, 1.54) is 4.88 Å². The number of para-hydroxylation sites is 1. The lowest BCUT2D eigenvalue weighted by molar-refractivity contribution is 0.125. The molecular formula is C17H20N4O2S. The maximum atomic E-state index is 12.1. The van der Waals surface area contributed by atoms with Gasteiger partial charge < -0.3 is 15.4 Å². The molecule has 0 bridgehead atoms. The average molecular weight is 344 g/mol. The molecule has 2 atom stereocenters. The van der Waals surface area contributed by atoms with E-state index in [1.807, 2.05) is 29.9 Å². The fourth-order valence-electron chi connectivity index (χ4n) is 3.47. The first-order chi connectivity index (χ1) is 11.7. The molecule has 4 rings (SSSR count). The van der Waals surface area contributed by atoms with Gasteiger partial charge in [0.25, 0.3) is 0 Å². The molecule has 1 aliphatic rings. The molecule has 0 unspecified atom stereocenters. The number of hydrogen-bond acceptors (Lipinski definition) is 5. The molecule has 3 aromatic rings. The van der Waals surface area contributed by atoms with Crippen LogP contribution in [0.25, 0.3) is 11.0 Å². The van der Waals surface area contributed by atoms with Gasteiger partial charge in [0, 0.05) is 29.2 Å². The summed E-state index contributed by atoms with van der Waals surface area (Å²) in [7, 11) is 0. The van der Waals surface area contributed by atoms with Crippen molar-refractivity contribution in [3.05, 3.63) is 50.8 Å². The van der Waals surface area contributed by atoms with Crippen molar-refractivity contribution >= 4 is 22.4 Å². The Hall–Kier alpha value is -1.96. The zero-order valence-corrected chi connectivity index (χ0v) is 14.1. The van der Waals surface area contributed by atoms with E-state index in [0.717, 1.165) is 42.4 Å². The van der Waals surface area contributed by atoms with Crippen molar-refractivity contribution in [1.82, 2.24) is 19.9 Å². The molecule has 3 N–H and O–H groups in total. The third kappa shape index (κ3) is 2.79. The van der Waals surface area contributed by atoms with Gasteiger partial charge in [-0.1, -0.05) is 12.1 Å². The second-order valence-corrected chi connectivity index (χ2v) is 7.16. The highest BCUT2D eigenvalue weighted by molar-refractivity contribution is 7.09. The number of aliphatic hydroxyl groups excluding tert-OH is 1. The average Bonchev–Trinajstić information content (AvgIpc) is 3.17. The lowest BCUT2D eigenvalue weighted by Crippen LogP contribution is -2.36. The van der Waals surface area contributed by atoms with Gasteiger partial charge in [-0.15, -0.1) is 11.3 Å². The Morgan fingerprint density at radius 2 is 2.38 bits per heavy atom. The van der Waals surface area contributed by atoms with Crippen molar-refractivity contribution in [1.29, 1.82) is 0 Å². The third-order valence-electron chi connectivity index (χ3n) is 4.68. The van der Waals surface area contributed by atoms with Crippen molar-refractivity contribution in [3.63, 3.8) is 0 Å². The summed E-state index contributed by atoms with van der Waals surface area (Å²) in [5, 5.41) is 14.3. The number of benzene rings is 1. The first kappa shape index (κ1) is 15.6. The van der Waals surface area contributed by atoms with Crippen LogP contribution in [0.15, 0.2) is 34.7 Å². The molecule has 3 heterocycles. The molecule has 0 fully saturated rings. The quantitative estimate of drug-likeness (QED) is 0.617. The molecule has 126 valence electrons. The van der Waals surface area contributed by atoms with E-state index >= 15 is 0 Å². The monoisotopic (exact) mass is 344 g/mol. The minimum Gasteiger partial charge on any atom is -0.387 e. The molecule has 1 aliphatic heterocycles. The van der Waals surface area contributed by atoms with Crippen LogP contribution in [0.5, 0.6) is 0 Å². The second kappa shape index (κ2) is 6.51. The van der Waals surface area contributed by atoms with Gasteiger partial charge in [-0.25, -0.2) is 4.79 Å². The maximum Gasteiger partial charge on any atom is 0.326 e. The first-order valence-electron chi connectivity index (χ1n) is 8.24. The predicted molar refractivity (Wildman–Crippen MR) is 94.4 cm³/mol. The molecule has 0 spiro atoms. The first-order valence-corrected chi connectivity index (χ1v) is 9.12. The van der Waals surface area contributed by atoms with Crippen LogP contribution < -0.4 is 11.0 Å². The maximum absolute atomic E-state index is 12.1. The lowest BCUT2D eigenvalue weighted by Gasteiger charge is -2.22. The molecule has 7 heteroatoms. The fourth-order valence-corrected chi connectivity index (χ4v) is 4.11.